The summed E-state index contributed by atoms with van der Waals surface area (Å²) in [6.07, 6.45) is 9.08. The molecule has 0 fully saturated rings. The Hall–Kier alpha value is -6.35. The second kappa shape index (κ2) is 9.60. The lowest BCUT2D eigenvalue weighted by Crippen LogP contribution is -2.02. The van der Waals surface area contributed by atoms with E-state index in [1.807, 2.05) is 114 Å². The fraction of sp³-hybridized carbons (Fsp3) is 0. The monoisotopic (exact) mass is 567 g/mol. The average Bonchev–Trinajstić information content (AvgIpc) is 3.60. The first-order valence-electron chi connectivity index (χ1n) is 14.2. The summed E-state index contributed by atoms with van der Waals surface area (Å²) in [5.74, 6) is 1.31. The summed E-state index contributed by atoms with van der Waals surface area (Å²) in [6.45, 7) is 0. The highest BCUT2D eigenvalue weighted by atomic mass is 15.2. The molecule has 0 aliphatic carbocycles. The smallest absolute Gasteiger partial charge is 0.168 e. The second-order valence-electron chi connectivity index (χ2n) is 10.4. The van der Waals surface area contributed by atoms with Gasteiger partial charge in [-0.15, -0.1) is 0 Å². The zero-order valence-electron chi connectivity index (χ0n) is 23.1. The quantitative estimate of drug-likeness (QED) is 0.226. The summed E-state index contributed by atoms with van der Waals surface area (Å²) >= 11 is 0. The predicted octanol–water partition coefficient (Wildman–Crippen LogP) is 6.98. The maximum atomic E-state index is 5.28. The largest absolute Gasteiger partial charge is 0.289 e. The Morgan fingerprint density at radius 2 is 0.932 bits per heavy atom. The fourth-order valence-electron chi connectivity index (χ4n) is 5.79. The molecule has 0 bridgehead atoms. The van der Waals surface area contributed by atoms with Crippen molar-refractivity contribution in [3.05, 3.63) is 128 Å². The van der Waals surface area contributed by atoms with Crippen molar-refractivity contribution in [1.82, 2.24) is 44.0 Å². The van der Waals surface area contributed by atoms with Crippen molar-refractivity contribution in [1.29, 1.82) is 0 Å². The van der Waals surface area contributed by atoms with E-state index in [1.165, 1.54) is 0 Å². The van der Waals surface area contributed by atoms with Crippen LogP contribution in [0.15, 0.2) is 128 Å². The molecule has 0 unspecified atom stereocenters. The lowest BCUT2D eigenvalue weighted by atomic mass is 10.2. The van der Waals surface area contributed by atoms with Gasteiger partial charge >= 0.3 is 0 Å². The molecule has 206 valence electrons. The number of para-hydroxylation sites is 1. The highest BCUT2D eigenvalue weighted by molar-refractivity contribution is 6.11. The molecule has 6 aromatic heterocycles. The van der Waals surface area contributed by atoms with Gasteiger partial charge in [0.05, 0.1) is 47.2 Å². The molecule has 6 heterocycles. The van der Waals surface area contributed by atoms with Crippen molar-refractivity contribution >= 4 is 44.3 Å². The number of benzene rings is 3. The number of hydrogen-bond donors (Lipinski definition) is 0. The minimum atomic E-state index is 0.654. The summed E-state index contributed by atoms with van der Waals surface area (Å²) in [5.41, 5.74) is 8.91. The SMILES string of the molecule is c1ccc(-c2ncc(-n3c4ccccc4c4nc5c6ncccc6n(-c6cnc(-c7ccccc7)nc6)c5nc43)cn2)cc1. The molecule has 0 N–H and O–H groups in total. The number of rotatable bonds is 4. The molecular weight excluding hydrogens is 546 g/mol. The van der Waals surface area contributed by atoms with Gasteiger partial charge in [0.15, 0.2) is 22.9 Å². The first-order chi connectivity index (χ1) is 21.8. The van der Waals surface area contributed by atoms with Crippen molar-refractivity contribution in [3.8, 4) is 34.2 Å². The van der Waals surface area contributed by atoms with Crippen LogP contribution in [0.3, 0.4) is 0 Å². The van der Waals surface area contributed by atoms with Gasteiger partial charge < -0.3 is 0 Å². The average molecular weight is 568 g/mol. The minimum Gasteiger partial charge on any atom is -0.289 e. The highest BCUT2D eigenvalue weighted by Crippen LogP contribution is 2.35. The molecule has 0 saturated carbocycles. The number of nitrogens with zero attached hydrogens (tertiary/aromatic N) is 9. The summed E-state index contributed by atoms with van der Waals surface area (Å²) < 4.78 is 4.09. The van der Waals surface area contributed by atoms with Crippen molar-refractivity contribution in [2.75, 3.05) is 0 Å². The summed E-state index contributed by atoms with van der Waals surface area (Å²) in [6, 6.07) is 32.0. The van der Waals surface area contributed by atoms with Crippen LogP contribution in [-0.4, -0.2) is 44.0 Å². The maximum absolute atomic E-state index is 5.28. The van der Waals surface area contributed by atoms with Crippen LogP contribution < -0.4 is 0 Å². The molecule has 3 aromatic carbocycles. The molecule has 9 heteroatoms. The van der Waals surface area contributed by atoms with E-state index in [9.17, 15) is 0 Å². The minimum absolute atomic E-state index is 0.654. The Kier molecular flexibility index (Phi) is 5.30. The van der Waals surface area contributed by atoms with Crippen LogP contribution in [0.1, 0.15) is 0 Å². The van der Waals surface area contributed by atoms with Crippen LogP contribution in [0.4, 0.5) is 0 Å². The lowest BCUT2D eigenvalue weighted by molar-refractivity contribution is 1.04. The number of hydrogen-bond acceptors (Lipinski definition) is 7. The van der Waals surface area contributed by atoms with Crippen LogP contribution in [-0.2, 0) is 0 Å². The molecule has 0 atom stereocenters. The number of aromatic nitrogens is 9. The Balaban J connectivity index is 1.29. The van der Waals surface area contributed by atoms with Crippen LogP contribution in [0.25, 0.3) is 78.4 Å². The van der Waals surface area contributed by atoms with Crippen LogP contribution in [0, 0.1) is 0 Å². The fourth-order valence-corrected chi connectivity index (χ4v) is 5.79. The van der Waals surface area contributed by atoms with Gasteiger partial charge in [-0.2, -0.15) is 0 Å². The van der Waals surface area contributed by atoms with E-state index in [4.69, 9.17) is 34.9 Å². The molecule has 0 radical (unpaired) electrons. The molecule has 44 heavy (non-hydrogen) atoms. The Bertz CT molecular complexity index is 2290. The molecule has 9 nitrogen and oxygen atoms in total. The zero-order chi connectivity index (χ0) is 29.0. The first kappa shape index (κ1) is 24.3. The van der Waals surface area contributed by atoms with E-state index in [-0.39, 0.29) is 0 Å². The summed E-state index contributed by atoms with van der Waals surface area (Å²) in [5, 5.41) is 0.983. The molecule has 9 aromatic rings. The van der Waals surface area contributed by atoms with Gasteiger partial charge in [0.25, 0.3) is 0 Å². The summed E-state index contributed by atoms with van der Waals surface area (Å²) in [7, 11) is 0. The Labute approximate surface area is 250 Å². The van der Waals surface area contributed by atoms with E-state index in [2.05, 4.69) is 16.7 Å². The number of pyridine rings is 1. The summed E-state index contributed by atoms with van der Waals surface area (Å²) in [4.78, 5) is 34.0. The van der Waals surface area contributed by atoms with E-state index < -0.39 is 0 Å². The molecule has 0 aliphatic heterocycles. The van der Waals surface area contributed by atoms with Crippen molar-refractivity contribution < 1.29 is 0 Å². The van der Waals surface area contributed by atoms with E-state index >= 15 is 0 Å². The number of fused-ring (bicyclic) bond motifs is 6. The van der Waals surface area contributed by atoms with Crippen molar-refractivity contribution in [2.24, 2.45) is 0 Å². The van der Waals surface area contributed by atoms with Gasteiger partial charge in [-0.05, 0) is 18.2 Å². The van der Waals surface area contributed by atoms with Crippen LogP contribution in [0.2, 0.25) is 0 Å². The molecular formula is C35H21N9. The van der Waals surface area contributed by atoms with E-state index in [0.29, 0.717) is 28.5 Å². The standard InChI is InChI=1S/C35H21N9/c1-3-10-22(11-4-1)32-37-18-24(19-38-32)43-27-15-8-7-14-26(27)29-34(43)42-35-31(41-29)30-28(16-9-17-36-30)44(35)25-20-39-33(40-21-25)23-12-5-2-6-13-23/h1-21H. The van der Waals surface area contributed by atoms with E-state index in [0.717, 1.165) is 50.0 Å². The molecule has 0 saturated heterocycles. The van der Waals surface area contributed by atoms with Crippen LogP contribution in [0.5, 0.6) is 0 Å². The third-order valence-corrected chi connectivity index (χ3v) is 7.79. The normalized spacial score (nSPS) is 11.6. The maximum Gasteiger partial charge on any atom is 0.168 e. The van der Waals surface area contributed by atoms with Gasteiger partial charge in [-0.3, -0.25) is 14.1 Å². The molecule has 0 amide bonds. The zero-order valence-corrected chi connectivity index (χ0v) is 23.1. The topological polar surface area (TPSA) is 100 Å². The lowest BCUT2D eigenvalue weighted by Gasteiger charge is -2.09. The highest BCUT2D eigenvalue weighted by Gasteiger charge is 2.22. The van der Waals surface area contributed by atoms with Crippen molar-refractivity contribution in [2.45, 2.75) is 0 Å². The van der Waals surface area contributed by atoms with Gasteiger partial charge in [-0.1, -0.05) is 78.9 Å². The molecule has 9 rings (SSSR count). The molecule has 0 spiro atoms. The van der Waals surface area contributed by atoms with Gasteiger partial charge in [0.2, 0.25) is 0 Å². The van der Waals surface area contributed by atoms with E-state index in [1.54, 1.807) is 6.20 Å². The Morgan fingerprint density at radius 1 is 0.409 bits per heavy atom. The van der Waals surface area contributed by atoms with Gasteiger partial charge in [0, 0.05) is 22.7 Å². The third kappa shape index (κ3) is 3.69. The predicted molar refractivity (Wildman–Crippen MR) is 171 cm³/mol. The third-order valence-electron chi connectivity index (χ3n) is 7.79. The Morgan fingerprint density at radius 3 is 1.57 bits per heavy atom. The second-order valence-corrected chi connectivity index (χ2v) is 10.4. The van der Waals surface area contributed by atoms with Gasteiger partial charge in [0.1, 0.15) is 16.6 Å². The van der Waals surface area contributed by atoms with Crippen molar-refractivity contribution in [3.63, 3.8) is 0 Å². The first-order valence-corrected chi connectivity index (χ1v) is 14.2. The molecule has 0 aliphatic rings. The van der Waals surface area contributed by atoms with Crippen LogP contribution >= 0.6 is 0 Å². The van der Waals surface area contributed by atoms with Gasteiger partial charge in [-0.25, -0.2) is 29.9 Å².